The highest BCUT2D eigenvalue weighted by atomic mass is 127. The average molecular weight is 569 g/mol. The molecule has 9 heteroatoms. The first-order chi connectivity index (χ1) is 15.6. The summed E-state index contributed by atoms with van der Waals surface area (Å²) in [4.78, 5) is 16.5. The lowest BCUT2D eigenvalue weighted by molar-refractivity contribution is -0.123. The summed E-state index contributed by atoms with van der Waals surface area (Å²) in [6, 6.07) is 10.0. The van der Waals surface area contributed by atoms with E-state index in [1.807, 2.05) is 37.3 Å². The van der Waals surface area contributed by atoms with E-state index >= 15 is 0 Å². The summed E-state index contributed by atoms with van der Waals surface area (Å²) in [5, 5.41) is 13.7. The lowest BCUT2D eigenvalue weighted by Gasteiger charge is -2.11. The highest BCUT2D eigenvalue weighted by Crippen LogP contribution is 2.22. The van der Waals surface area contributed by atoms with Crippen LogP contribution >= 0.6 is 24.0 Å². The zero-order valence-corrected chi connectivity index (χ0v) is 22.1. The average Bonchev–Trinajstić information content (AvgIpc) is 3.49. The predicted octanol–water partition coefficient (Wildman–Crippen LogP) is 4.11. The molecule has 1 heterocycles. The van der Waals surface area contributed by atoms with Gasteiger partial charge in [-0.05, 0) is 50.3 Å². The highest BCUT2D eigenvalue weighted by molar-refractivity contribution is 14.0. The van der Waals surface area contributed by atoms with E-state index in [0.29, 0.717) is 36.8 Å². The number of carbonyl (C=O) groups excluding carboxylic acids is 1. The number of nitrogens with one attached hydrogen (secondary N) is 3. The number of nitrogens with zero attached hydrogens (tertiary/aromatic N) is 2. The fourth-order valence-electron chi connectivity index (χ4n) is 3.37. The van der Waals surface area contributed by atoms with E-state index in [1.54, 1.807) is 0 Å². The van der Waals surface area contributed by atoms with Crippen LogP contribution in [-0.4, -0.2) is 36.2 Å². The molecule has 1 amide bonds. The first-order valence-corrected chi connectivity index (χ1v) is 11.6. The van der Waals surface area contributed by atoms with Crippen LogP contribution in [0.5, 0.6) is 5.75 Å². The maximum atomic E-state index is 11.8. The Bertz CT molecular complexity index is 894. The number of ether oxygens (including phenoxy) is 1. The van der Waals surface area contributed by atoms with Gasteiger partial charge < -0.3 is 25.2 Å². The van der Waals surface area contributed by atoms with Crippen molar-refractivity contribution in [3.8, 4) is 5.75 Å². The molecule has 1 aromatic heterocycles. The third kappa shape index (κ3) is 9.23. The van der Waals surface area contributed by atoms with Crippen LogP contribution in [-0.2, 0) is 17.9 Å². The Morgan fingerprint density at radius 3 is 2.70 bits per heavy atom. The zero-order chi connectivity index (χ0) is 22.8. The fraction of sp³-hybridized carbons (Fsp3) is 0.542. The molecule has 0 aliphatic heterocycles. The largest absolute Gasteiger partial charge is 0.484 e. The molecular formula is C24H36IN5O3. The minimum Gasteiger partial charge on any atom is -0.484 e. The zero-order valence-electron chi connectivity index (χ0n) is 19.7. The monoisotopic (exact) mass is 569 g/mol. The number of carbonyl (C=O) groups is 1. The van der Waals surface area contributed by atoms with Gasteiger partial charge in [-0.3, -0.25) is 4.79 Å². The molecule has 0 saturated heterocycles. The Balaban J connectivity index is 0.00000385. The van der Waals surface area contributed by atoms with Crippen LogP contribution in [0.4, 0.5) is 0 Å². The Hall–Kier alpha value is -2.30. The summed E-state index contributed by atoms with van der Waals surface area (Å²) in [6.07, 6.45) is 4.23. The number of aliphatic imine (C=N–C) groups is 1. The van der Waals surface area contributed by atoms with Crippen LogP contribution in [0.1, 0.15) is 69.4 Å². The third-order valence-corrected chi connectivity index (χ3v) is 5.39. The Morgan fingerprint density at radius 1 is 1.21 bits per heavy atom. The number of halogens is 1. The van der Waals surface area contributed by atoms with E-state index in [4.69, 9.17) is 9.26 Å². The first kappa shape index (κ1) is 26.9. The Labute approximate surface area is 213 Å². The molecule has 0 unspecified atom stereocenters. The van der Waals surface area contributed by atoms with Crippen LogP contribution < -0.4 is 20.7 Å². The first-order valence-electron chi connectivity index (χ1n) is 11.6. The quantitative estimate of drug-likeness (QED) is 0.202. The molecular weight excluding hydrogens is 533 g/mol. The number of guanidine groups is 1. The Kier molecular flexibility index (Phi) is 11.5. The van der Waals surface area contributed by atoms with Crippen molar-refractivity contribution in [1.82, 2.24) is 21.1 Å². The molecule has 3 rings (SSSR count). The van der Waals surface area contributed by atoms with Gasteiger partial charge in [0.05, 0.1) is 18.8 Å². The van der Waals surface area contributed by atoms with E-state index in [0.717, 1.165) is 49.2 Å². The number of rotatable bonds is 12. The molecule has 3 N–H and O–H groups in total. The molecule has 0 spiro atoms. The lowest BCUT2D eigenvalue weighted by atomic mass is 9.99. The van der Waals surface area contributed by atoms with Gasteiger partial charge in [-0.2, -0.15) is 0 Å². The van der Waals surface area contributed by atoms with E-state index in [2.05, 4.69) is 39.9 Å². The van der Waals surface area contributed by atoms with Gasteiger partial charge in [0.15, 0.2) is 18.3 Å². The van der Waals surface area contributed by atoms with Gasteiger partial charge in [0.1, 0.15) is 5.75 Å². The molecule has 1 aliphatic rings. The van der Waals surface area contributed by atoms with Crippen molar-refractivity contribution in [2.24, 2.45) is 4.99 Å². The normalized spacial score (nSPS) is 13.4. The van der Waals surface area contributed by atoms with Gasteiger partial charge in [0.25, 0.3) is 5.91 Å². The minimum absolute atomic E-state index is 0. The number of amides is 1. The fourth-order valence-corrected chi connectivity index (χ4v) is 3.37. The Morgan fingerprint density at radius 2 is 2.00 bits per heavy atom. The van der Waals surface area contributed by atoms with Crippen molar-refractivity contribution in [2.45, 2.75) is 71.5 Å². The summed E-state index contributed by atoms with van der Waals surface area (Å²) >= 11 is 0. The molecule has 2 aromatic rings. The number of aromatic nitrogens is 1. The van der Waals surface area contributed by atoms with Crippen molar-refractivity contribution < 1.29 is 14.1 Å². The van der Waals surface area contributed by atoms with Crippen LogP contribution in [0.2, 0.25) is 0 Å². The summed E-state index contributed by atoms with van der Waals surface area (Å²) in [5.41, 5.74) is 2.01. The van der Waals surface area contributed by atoms with Crippen molar-refractivity contribution in [2.75, 3.05) is 13.2 Å². The molecule has 0 atom stereocenters. The molecule has 1 aliphatic carbocycles. The molecule has 0 radical (unpaired) electrons. The second kappa shape index (κ2) is 14.1. The maximum Gasteiger partial charge on any atom is 0.258 e. The van der Waals surface area contributed by atoms with Gasteiger partial charge in [-0.15, -0.1) is 24.0 Å². The summed E-state index contributed by atoms with van der Waals surface area (Å²) in [7, 11) is 0. The lowest BCUT2D eigenvalue weighted by Crippen LogP contribution is -2.36. The maximum absolute atomic E-state index is 11.8. The molecule has 1 aromatic carbocycles. The molecule has 182 valence electrons. The second-order valence-electron chi connectivity index (χ2n) is 8.06. The van der Waals surface area contributed by atoms with E-state index in [9.17, 15) is 4.79 Å². The van der Waals surface area contributed by atoms with Gasteiger partial charge in [-0.1, -0.05) is 31.1 Å². The van der Waals surface area contributed by atoms with Gasteiger partial charge >= 0.3 is 0 Å². The van der Waals surface area contributed by atoms with Gasteiger partial charge in [0.2, 0.25) is 0 Å². The van der Waals surface area contributed by atoms with Crippen molar-refractivity contribution in [3.63, 3.8) is 0 Å². The van der Waals surface area contributed by atoms with Crippen LogP contribution in [0, 0.1) is 0 Å². The van der Waals surface area contributed by atoms with Crippen LogP contribution in [0.25, 0.3) is 0 Å². The van der Waals surface area contributed by atoms with Crippen molar-refractivity contribution >= 4 is 35.8 Å². The SMILES string of the molecule is CCNC(=NCc1cccc(OCC(=O)NC2CC2)c1)NCc1cc(C(CC)CC)no1.I. The van der Waals surface area contributed by atoms with Gasteiger partial charge in [-0.25, -0.2) is 4.99 Å². The summed E-state index contributed by atoms with van der Waals surface area (Å²) in [6.45, 7) is 8.13. The van der Waals surface area contributed by atoms with E-state index in [-0.39, 0.29) is 36.5 Å². The van der Waals surface area contributed by atoms with Crippen LogP contribution in [0.3, 0.4) is 0 Å². The summed E-state index contributed by atoms with van der Waals surface area (Å²) in [5.74, 6) is 2.51. The number of hydrogen-bond acceptors (Lipinski definition) is 5. The summed E-state index contributed by atoms with van der Waals surface area (Å²) < 4.78 is 11.1. The van der Waals surface area contributed by atoms with Crippen LogP contribution in [0.15, 0.2) is 39.8 Å². The van der Waals surface area contributed by atoms with Crippen molar-refractivity contribution in [1.29, 1.82) is 0 Å². The smallest absolute Gasteiger partial charge is 0.258 e. The highest BCUT2D eigenvalue weighted by Gasteiger charge is 2.23. The second-order valence-corrected chi connectivity index (χ2v) is 8.06. The molecule has 0 bridgehead atoms. The standard InChI is InChI=1S/C24H35N5O3.HI/c1-4-18(5-2)22-13-21(32-29-22)15-27-24(25-6-3)26-14-17-8-7-9-20(12-17)31-16-23(30)28-19-10-11-19;/h7-9,12-13,18-19H,4-6,10-11,14-16H2,1-3H3,(H,28,30)(H2,25,26,27);1H. The predicted molar refractivity (Wildman–Crippen MR) is 140 cm³/mol. The van der Waals surface area contributed by atoms with E-state index in [1.165, 1.54) is 0 Å². The van der Waals surface area contributed by atoms with Gasteiger partial charge in [0, 0.05) is 24.6 Å². The minimum atomic E-state index is -0.0747. The molecule has 33 heavy (non-hydrogen) atoms. The third-order valence-electron chi connectivity index (χ3n) is 5.39. The molecule has 1 fully saturated rings. The topological polar surface area (TPSA) is 101 Å². The molecule has 8 nitrogen and oxygen atoms in total. The molecule has 1 saturated carbocycles. The van der Waals surface area contributed by atoms with E-state index < -0.39 is 0 Å². The number of hydrogen-bond donors (Lipinski definition) is 3. The number of benzene rings is 1. The van der Waals surface area contributed by atoms with Crippen molar-refractivity contribution in [3.05, 3.63) is 47.3 Å².